The van der Waals surface area contributed by atoms with E-state index in [9.17, 15) is 4.79 Å². The largest absolute Gasteiger partial charge is 0.497 e. The van der Waals surface area contributed by atoms with Crippen LogP contribution in [0.2, 0.25) is 0 Å². The van der Waals surface area contributed by atoms with E-state index in [1.165, 1.54) is 14.2 Å². The zero-order valence-electron chi connectivity index (χ0n) is 12.5. The maximum Gasteiger partial charge on any atom is 0.257 e. The fraction of sp³-hybridized carbons (Fsp3) is 0.429. The Morgan fingerprint density at radius 1 is 1.38 bits per heavy atom. The molecule has 7 nitrogen and oxygen atoms in total. The lowest BCUT2D eigenvalue weighted by molar-refractivity contribution is 0.0764. The summed E-state index contributed by atoms with van der Waals surface area (Å²) in [5.41, 5.74) is 5.85. The highest BCUT2D eigenvalue weighted by Crippen LogP contribution is 2.25. The van der Waals surface area contributed by atoms with Crippen LogP contribution in [0.25, 0.3) is 0 Å². The monoisotopic (exact) mass is 295 g/mol. The highest BCUT2D eigenvalue weighted by atomic mass is 16.5. The standard InChI is InChI=1S/C14H21N3O4/c1-4-17(8-7-13(15)16-19)14(18)11-9-10(20-2)5-6-12(11)21-3/h5-6,9,19H,4,7-8H2,1-3H3,(H2,15,16). The third-order valence-electron chi connectivity index (χ3n) is 3.07. The molecular formula is C14H21N3O4. The van der Waals surface area contributed by atoms with Crippen molar-refractivity contribution in [1.29, 1.82) is 0 Å². The van der Waals surface area contributed by atoms with Gasteiger partial charge in [0.15, 0.2) is 0 Å². The average Bonchev–Trinajstić information content (AvgIpc) is 2.54. The predicted molar refractivity (Wildman–Crippen MR) is 79.1 cm³/mol. The Labute approximate surface area is 123 Å². The minimum absolute atomic E-state index is 0.0823. The third-order valence-corrected chi connectivity index (χ3v) is 3.07. The van der Waals surface area contributed by atoms with Crippen LogP contribution in [0.4, 0.5) is 0 Å². The summed E-state index contributed by atoms with van der Waals surface area (Å²) in [5.74, 6) is 0.938. The summed E-state index contributed by atoms with van der Waals surface area (Å²) >= 11 is 0. The van der Waals surface area contributed by atoms with Crippen LogP contribution in [-0.4, -0.2) is 49.2 Å². The molecule has 1 aromatic carbocycles. The van der Waals surface area contributed by atoms with Crippen molar-refractivity contribution in [2.45, 2.75) is 13.3 Å². The van der Waals surface area contributed by atoms with Gasteiger partial charge in [-0.2, -0.15) is 0 Å². The first kappa shape index (κ1) is 16.6. The van der Waals surface area contributed by atoms with E-state index in [1.807, 2.05) is 6.92 Å². The first-order valence-corrected chi connectivity index (χ1v) is 6.55. The second-order valence-corrected chi connectivity index (χ2v) is 4.29. The van der Waals surface area contributed by atoms with Crippen LogP contribution in [0, 0.1) is 0 Å². The summed E-state index contributed by atoms with van der Waals surface area (Å²) in [4.78, 5) is 14.2. The Hall–Kier alpha value is -2.44. The molecule has 1 aromatic rings. The number of amidine groups is 1. The van der Waals surface area contributed by atoms with Crippen molar-refractivity contribution in [2.24, 2.45) is 10.9 Å². The fourth-order valence-corrected chi connectivity index (χ4v) is 1.85. The number of nitrogens with two attached hydrogens (primary N) is 1. The van der Waals surface area contributed by atoms with E-state index in [4.69, 9.17) is 20.4 Å². The van der Waals surface area contributed by atoms with Crippen molar-refractivity contribution in [3.05, 3.63) is 23.8 Å². The van der Waals surface area contributed by atoms with Crippen LogP contribution < -0.4 is 15.2 Å². The van der Waals surface area contributed by atoms with Crippen molar-refractivity contribution in [2.75, 3.05) is 27.3 Å². The smallest absolute Gasteiger partial charge is 0.257 e. The van der Waals surface area contributed by atoms with Gasteiger partial charge in [-0.25, -0.2) is 0 Å². The number of benzene rings is 1. The highest BCUT2D eigenvalue weighted by Gasteiger charge is 2.19. The number of hydrogen-bond donors (Lipinski definition) is 2. The number of hydrogen-bond acceptors (Lipinski definition) is 5. The Morgan fingerprint density at radius 2 is 2.10 bits per heavy atom. The normalized spacial score (nSPS) is 11.1. The second-order valence-electron chi connectivity index (χ2n) is 4.29. The van der Waals surface area contributed by atoms with Gasteiger partial charge in [-0.1, -0.05) is 5.16 Å². The minimum Gasteiger partial charge on any atom is -0.497 e. The number of carbonyl (C=O) groups is 1. The molecule has 0 saturated carbocycles. The quantitative estimate of drug-likeness (QED) is 0.342. The van der Waals surface area contributed by atoms with Gasteiger partial charge in [0, 0.05) is 19.5 Å². The maximum absolute atomic E-state index is 12.6. The zero-order chi connectivity index (χ0) is 15.8. The Kier molecular flexibility index (Phi) is 6.32. The molecule has 0 aliphatic heterocycles. The van der Waals surface area contributed by atoms with E-state index >= 15 is 0 Å². The van der Waals surface area contributed by atoms with Crippen LogP contribution in [0.5, 0.6) is 11.5 Å². The summed E-state index contributed by atoms with van der Waals surface area (Å²) in [5, 5.41) is 11.4. The van der Waals surface area contributed by atoms with Gasteiger partial charge in [0.1, 0.15) is 17.3 Å². The maximum atomic E-state index is 12.6. The average molecular weight is 295 g/mol. The lowest BCUT2D eigenvalue weighted by Gasteiger charge is -2.22. The van der Waals surface area contributed by atoms with Crippen molar-refractivity contribution >= 4 is 11.7 Å². The molecule has 0 fully saturated rings. The van der Waals surface area contributed by atoms with E-state index in [2.05, 4.69) is 5.16 Å². The molecule has 0 atom stereocenters. The molecule has 0 bridgehead atoms. The molecule has 1 rings (SSSR count). The topological polar surface area (TPSA) is 97.4 Å². The lowest BCUT2D eigenvalue weighted by atomic mass is 10.1. The molecule has 1 amide bonds. The molecule has 3 N–H and O–H groups in total. The van der Waals surface area contributed by atoms with Gasteiger partial charge in [0.2, 0.25) is 0 Å². The van der Waals surface area contributed by atoms with E-state index in [-0.39, 0.29) is 11.7 Å². The van der Waals surface area contributed by atoms with Crippen molar-refractivity contribution in [1.82, 2.24) is 4.90 Å². The van der Waals surface area contributed by atoms with E-state index in [0.29, 0.717) is 36.6 Å². The van der Waals surface area contributed by atoms with Gasteiger partial charge >= 0.3 is 0 Å². The molecule has 0 saturated heterocycles. The van der Waals surface area contributed by atoms with Gasteiger partial charge < -0.3 is 25.3 Å². The predicted octanol–water partition coefficient (Wildman–Crippen LogP) is 1.30. The number of rotatable bonds is 7. The molecule has 0 aromatic heterocycles. The summed E-state index contributed by atoms with van der Waals surface area (Å²) in [6.45, 7) is 2.71. The van der Waals surface area contributed by atoms with Crippen LogP contribution in [0.15, 0.2) is 23.4 Å². The van der Waals surface area contributed by atoms with Crippen LogP contribution >= 0.6 is 0 Å². The number of amides is 1. The SMILES string of the molecule is CCN(CCC(N)=NO)C(=O)c1cc(OC)ccc1OC. The molecule has 116 valence electrons. The molecule has 0 radical (unpaired) electrons. The Balaban J connectivity index is 2.98. The van der Waals surface area contributed by atoms with Gasteiger partial charge in [-0.3, -0.25) is 4.79 Å². The number of methoxy groups -OCH3 is 2. The Morgan fingerprint density at radius 3 is 2.62 bits per heavy atom. The third kappa shape index (κ3) is 4.27. The van der Waals surface area contributed by atoms with Crippen molar-refractivity contribution < 1.29 is 19.5 Å². The molecule has 7 heteroatoms. The van der Waals surface area contributed by atoms with Crippen LogP contribution in [0.1, 0.15) is 23.7 Å². The molecule has 0 unspecified atom stereocenters. The molecule has 0 aliphatic rings. The van der Waals surface area contributed by atoms with Gasteiger partial charge in [0.25, 0.3) is 5.91 Å². The highest BCUT2D eigenvalue weighted by molar-refractivity contribution is 5.97. The minimum atomic E-state index is -0.195. The van der Waals surface area contributed by atoms with Gasteiger partial charge in [-0.15, -0.1) is 0 Å². The number of oxime groups is 1. The summed E-state index contributed by atoms with van der Waals surface area (Å²) in [6.07, 6.45) is 0.294. The molecule has 0 spiro atoms. The molecule has 21 heavy (non-hydrogen) atoms. The van der Waals surface area contributed by atoms with Crippen molar-refractivity contribution in [3.63, 3.8) is 0 Å². The lowest BCUT2D eigenvalue weighted by Crippen LogP contribution is -2.34. The summed E-state index contributed by atoms with van der Waals surface area (Å²) < 4.78 is 10.4. The molecule has 0 aliphatic carbocycles. The molecule has 0 heterocycles. The van der Waals surface area contributed by atoms with Crippen molar-refractivity contribution in [3.8, 4) is 11.5 Å². The number of carbonyl (C=O) groups excluding carboxylic acids is 1. The van der Waals surface area contributed by atoms with E-state index in [0.717, 1.165) is 0 Å². The van der Waals surface area contributed by atoms with Crippen LogP contribution in [0.3, 0.4) is 0 Å². The van der Waals surface area contributed by atoms with Gasteiger partial charge in [-0.05, 0) is 25.1 Å². The first-order valence-electron chi connectivity index (χ1n) is 6.55. The van der Waals surface area contributed by atoms with E-state index < -0.39 is 0 Å². The first-order chi connectivity index (χ1) is 10.1. The fourth-order valence-electron chi connectivity index (χ4n) is 1.85. The van der Waals surface area contributed by atoms with Gasteiger partial charge in [0.05, 0.1) is 19.8 Å². The number of nitrogens with zero attached hydrogens (tertiary/aromatic N) is 2. The Bertz CT molecular complexity index is 517. The second kappa shape index (κ2) is 7.98. The zero-order valence-corrected chi connectivity index (χ0v) is 12.5. The summed E-state index contributed by atoms with van der Waals surface area (Å²) in [6, 6.07) is 5.04. The molecular weight excluding hydrogens is 274 g/mol. The van der Waals surface area contributed by atoms with E-state index in [1.54, 1.807) is 23.1 Å². The number of ether oxygens (including phenoxy) is 2. The van der Waals surface area contributed by atoms with Crippen LogP contribution in [-0.2, 0) is 0 Å². The summed E-state index contributed by atoms with van der Waals surface area (Å²) in [7, 11) is 3.04.